The van der Waals surface area contributed by atoms with Crippen molar-refractivity contribution >= 4 is 5.91 Å². The van der Waals surface area contributed by atoms with Crippen LogP contribution in [0.2, 0.25) is 0 Å². The summed E-state index contributed by atoms with van der Waals surface area (Å²) >= 11 is 0. The van der Waals surface area contributed by atoms with Gasteiger partial charge in [-0.25, -0.2) is 0 Å². The summed E-state index contributed by atoms with van der Waals surface area (Å²) in [5.74, 6) is 0.492. The van der Waals surface area contributed by atoms with Crippen molar-refractivity contribution in [1.29, 1.82) is 0 Å². The van der Waals surface area contributed by atoms with E-state index in [-0.39, 0.29) is 11.9 Å². The molecule has 0 aromatic rings. The van der Waals surface area contributed by atoms with Crippen LogP contribution in [-0.2, 0) is 9.53 Å². The van der Waals surface area contributed by atoms with Gasteiger partial charge < -0.3 is 15.8 Å². The fourth-order valence-corrected chi connectivity index (χ4v) is 2.69. The topological polar surface area (TPSA) is 67.6 Å². The zero-order valence-electron chi connectivity index (χ0n) is 10.4. The molecule has 5 nitrogen and oxygen atoms in total. The molecule has 2 atom stereocenters. The normalized spacial score (nSPS) is 31.3. The average molecular weight is 241 g/mol. The van der Waals surface area contributed by atoms with Crippen LogP contribution in [0.3, 0.4) is 0 Å². The van der Waals surface area contributed by atoms with Crippen molar-refractivity contribution in [1.82, 2.24) is 10.2 Å². The van der Waals surface area contributed by atoms with Gasteiger partial charge in [0.25, 0.3) is 0 Å². The Labute approximate surface area is 103 Å². The van der Waals surface area contributed by atoms with Crippen LogP contribution >= 0.6 is 0 Å². The molecule has 2 unspecified atom stereocenters. The molecule has 3 N–H and O–H groups in total. The quantitative estimate of drug-likeness (QED) is 0.700. The van der Waals surface area contributed by atoms with Crippen LogP contribution in [0.25, 0.3) is 0 Å². The largest absolute Gasteiger partial charge is 0.378 e. The number of hydrogen-bond donors (Lipinski definition) is 2. The Bertz CT molecular complexity index is 254. The van der Waals surface area contributed by atoms with Gasteiger partial charge in [0.15, 0.2) is 0 Å². The first kappa shape index (κ1) is 12.8. The Morgan fingerprint density at radius 2 is 2.41 bits per heavy atom. The summed E-state index contributed by atoms with van der Waals surface area (Å²) in [5, 5.41) is 3.42. The summed E-state index contributed by atoms with van der Waals surface area (Å²) in [7, 11) is 0. The van der Waals surface area contributed by atoms with Crippen molar-refractivity contribution in [3.05, 3.63) is 0 Å². The van der Waals surface area contributed by atoms with E-state index >= 15 is 0 Å². The number of carbonyl (C=O) groups excluding carboxylic acids is 1. The van der Waals surface area contributed by atoms with E-state index < -0.39 is 0 Å². The third kappa shape index (κ3) is 3.66. The van der Waals surface area contributed by atoms with Gasteiger partial charge in [-0.15, -0.1) is 0 Å². The van der Waals surface area contributed by atoms with Crippen molar-refractivity contribution in [2.75, 3.05) is 39.4 Å². The Morgan fingerprint density at radius 3 is 3.12 bits per heavy atom. The minimum Gasteiger partial charge on any atom is -0.378 e. The minimum absolute atomic E-state index is 0.222. The predicted molar refractivity (Wildman–Crippen MR) is 65.6 cm³/mol. The zero-order valence-corrected chi connectivity index (χ0v) is 10.4. The molecule has 2 aliphatic rings. The smallest absolute Gasteiger partial charge is 0.237 e. The summed E-state index contributed by atoms with van der Waals surface area (Å²) in [5.41, 5.74) is 5.39. The summed E-state index contributed by atoms with van der Waals surface area (Å²) < 4.78 is 5.31. The number of rotatable bonds is 4. The van der Waals surface area contributed by atoms with Gasteiger partial charge in [-0.1, -0.05) is 0 Å². The summed E-state index contributed by atoms with van der Waals surface area (Å²) in [6, 6.07) is -0.222. The lowest BCUT2D eigenvalue weighted by Crippen LogP contribution is -2.53. The number of primary amides is 1. The molecule has 0 bridgehead atoms. The van der Waals surface area contributed by atoms with Crippen molar-refractivity contribution in [2.24, 2.45) is 11.7 Å². The van der Waals surface area contributed by atoms with Gasteiger partial charge in [0, 0.05) is 6.54 Å². The number of morpholine rings is 1. The molecular weight excluding hydrogens is 218 g/mol. The molecule has 1 amide bonds. The number of carbonyl (C=O) groups is 1. The van der Waals surface area contributed by atoms with Crippen LogP contribution in [0.15, 0.2) is 0 Å². The van der Waals surface area contributed by atoms with Crippen molar-refractivity contribution in [3.8, 4) is 0 Å². The second kappa shape index (κ2) is 6.33. The van der Waals surface area contributed by atoms with Crippen LogP contribution in [0.4, 0.5) is 0 Å². The number of ether oxygens (including phenoxy) is 1. The molecule has 2 fully saturated rings. The SMILES string of the molecule is NC(=O)C1COCCN1CCC1CCCNC1. The maximum Gasteiger partial charge on any atom is 0.237 e. The zero-order chi connectivity index (χ0) is 12.1. The number of nitrogens with two attached hydrogens (primary N) is 1. The maximum absolute atomic E-state index is 11.3. The Kier molecular flexibility index (Phi) is 4.76. The molecule has 5 heteroatoms. The second-order valence-electron chi connectivity index (χ2n) is 5.03. The van der Waals surface area contributed by atoms with Crippen LogP contribution < -0.4 is 11.1 Å². The first-order valence-corrected chi connectivity index (χ1v) is 6.59. The number of nitrogens with zero attached hydrogens (tertiary/aromatic N) is 1. The van der Waals surface area contributed by atoms with Crippen LogP contribution in [0.5, 0.6) is 0 Å². The Hall–Kier alpha value is -0.650. The van der Waals surface area contributed by atoms with Crippen LogP contribution in [0.1, 0.15) is 19.3 Å². The maximum atomic E-state index is 11.3. The van der Waals surface area contributed by atoms with E-state index in [0.717, 1.165) is 38.5 Å². The van der Waals surface area contributed by atoms with Gasteiger partial charge in [-0.2, -0.15) is 0 Å². The second-order valence-corrected chi connectivity index (χ2v) is 5.03. The molecule has 98 valence electrons. The molecule has 0 saturated carbocycles. The van der Waals surface area contributed by atoms with Crippen molar-refractivity contribution < 1.29 is 9.53 Å². The van der Waals surface area contributed by atoms with Crippen molar-refractivity contribution in [2.45, 2.75) is 25.3 Å². The number of amides is 1. The lowest BCUT2D eigenvalue weighted by molar-refractivity contribution is -0.129. The molecule has 0 aliphatic carbocycles. The molecule has 2 rings (SSSR count). The third-order valence-electron chi connectivity index (χ3n) is 3.79. The molecule has 0 aromatic carbocycles. The number of hydrogen-bond acceptors (Lipinski definition) is 4. The van der Waals surface area contributed by atoms with E-state index in [2.05, 4.69) is 10.2 Å². The van der Waals surface area contributed by atoms with E-state index in [0.29, 0.717) is 13.2 Å². The molecular formula is C12H23N3O2. The number of piperidine rings is 1. The van der Waals surface area contributed by atoms with Gasteiger partial charge in [0.1, 0.15) is 6.04 Å². The number of nitrogens with one attached hydrogen (secondary N) is 1. The molecule has 0 spiro atoms. The third-order valence-corrected chi connectivity index (χ3v) is 3.79. The van der Waals surface area contributed by atoms with Gasteiger partial charge in [0.05, 0.1) is 13.2 Å². The highest BCUT2D eigenvalue weighted by Crippen LogP contribution is 2.16. The average Bonchev–Trinajstić information content (AvgIpc) is 2.38. The molecule has 2 saturated heterocycles. The molecule has 2 heterocycles. The van der Waals surface area contributed by atoms with Crippen LogP contribution in [0, 0.1) is 5.92 Å². The first-order valence-electron chi connectivity index (χ1n) is 6.59. The summed E-state index contributed by atoms with van der Waals surface area (Å²) in [6.07, 6.45) is 3.72. The minimum atomic E-state index is -0.258. The van der Waals surface area contributed by atoms with Crippen molar-refractivity contribution in [3.63, 3.8) is 0 Å². The predicted octanol–water partition coefficient (Wildman–Crippen LogP) is -0.438. The van der Waals surface area contributed by atoms with Gasteiger partial charge in [0.2, 0.25) is 5.91 Å². The lowest BCUT2D eigenvalue weighted by Gasteiger charge is -2.34. The highest BCUT2D eigenvalue weighted by atomic mass is 16.5. The van der Waals surface area contributed by atoms with Gasteiger partial charge >= 0.3 is 0 Å². The van der Waals surface area contributed by atoms with E-state index in [1.165, 1.54) is 12.8 Å². The molecule has 2 aliphatic heterocycles. The fourth-order valence-electron chi connectivity index (χ4n) is 2.69. The van der Waals surface area contributed by atoms with E-state index in [1.54, 1.807) is 0 Å². The highest BCUT2D eigenvalue weighted by molar-refractivity contribution is 5.80. The molecule has 0 aromatic heterocycles. The van der Waals surface area contributed by atoms with Gasteiger partial charge in [-0.3, -0.25) is 9.69 Å². The Morgan fingerprint density at radius 1 is 1.53 bits per heavy atom. The van der Waals surface area contributed by atoms with E-state index in [1.807, 2.05) is 0 Å². The fraction of sp³-hybridized carbons (Fsp3) is 0.917. The Balaban J connectivity index is 1.77. The van der Waals surface area contributed by atoms with E-state index in [9.17, 15) is 4.79 Å². The highest BCUT2D eigenvalue weighted by Gasteiger charge is 2.27. The standard InChI is InChI=1S/C12H23N3O2/c13-12(16)11-9-17-7-6-15(11)5-3-10-2-1-4-14-8-10/h10-11,14H,1-9H2,(H2,13,16). The monoisotopic (exact) mass is 241 g/mol. The summed E-state index contributed by atoms with van der Waals surface area (Å²) in [6.45, 7) is 5.23. The van der Waals surface area contributed by atoms with E-state index in [4.69, 9.17) is 10.5 Å². The first-order chi connectivity index (χ1) is 8.27. The lowest BCUT2D eigenvalue weighted by atomic mass is 9.95. The summed E-state index contributed by atoms with van der Waals surface area (Å²) in [4.78, 5) is 13.5. The van der Waals surface area contributed by atoms with Crippen LogP contribution in [-0.4, -0.2) is 56.2 Å². The van der Waals surface area contributed by atoms with Gasteiger partial charge in [-0.05, 0) is 44.8 Å². The molecule has 0 radical (unpaired) electrons. The molecule has 17 heavy (non-hydrogen) atoms.